The van der Waals surface area contributed by atoms with E-state index in [1.165, 1.54) is 0 Å². The van der Waals surface area contributed by atoms with Gasteiger partial charge in [0.15, 0.2) is 0 Å². The van der Waals surface area contributed by atoms with Gasteiger partial charge < -0.3 is 9.84 Å². The SMILES string of the molecule is CC(C)(C)c1cc(CCC(=O)N/N=C\c2ccc(OCc3ccc(Cl)cc3)cc2)cc(C(C)(C)C)c1O. The Hall–Kier alpha value is -3.31. The Morgan fingerprint density at radius 2 is 1.49 bits per heavy atom. The highest BCUT2D eigenvalue weighted by Gasteiger charge is 2.26. The van der Waals surface area contributed by atoms with Gasteiger partial charge in [0.25, 0.3) is 0 Å². The van der Waals surface area contributed by atoms with E-state index in [4.69, 9.17) is 16.3 Å². The first-order valence-electron chi connectivity index (χ1n) is 12.5. The summed E-state index contributed by atoms with van der Waals surface area (Å²) < 4.78 is 5.80. The van der Waals surface area contributed by atoms with Crippen LogP contribution < -0.4 is 10.2 Å². The van der Waals surface area contributed by atoms with E-state index in [2.05, 4.69) is 52.1 Å². The molecule has 0 aliphatic rings. The summed E-state index contributed by atoms with van der Waals surface area (Å²) in [5, 5.41) is 15.7. The number of phenolic OH excluding ortho intramolecular Hbond substituents is 1. The third-order valence-electron chi connectivity index (χ3n) is 6.03. The summed E-state index contributed by atoms with van der Waals surface area (Å²) in [4.78, 5) is 12.4. The van der Waals surface area contributed by atoms with Gasteiger partial charge in [0.1, 0.15) is 18.1 Å². The summed E-state index contributed by atoms with van der Waals surface area (Å²) in [5.41, 5.74) is 6.91. The largest absolute Gasteiger partial charge is 0.507 e. The zero-order valence-electron chi connectivity index (χ0n) is 22.6. The molecule has 5 nitrogen and oxygen atoms in total. The first-order valence-corrected chi connectivity index (χ1v) is 12.9. The maximum Gasteiger partial charge on any atom is 0.240 e. The lowest BCUT2D eigenvalue weighted by Crippen LogP contribution is -2.20. The quantitative estimate of drug-likeness (QED) is 0.242. The zero-order valence-corrected chi connectivity index (χ0v) is 23.3. The number of rotatable bonds is 8. The van der Waals surface area contributed by atoms with Crippen LogP contribution in [0.5, 0.6) is 11.5 Å². The van der Waals surface area contributed by atoms with Gasteiger partial charge in [-0.25, -0.2) is 5.43 Å². The Morgan fingerprint density at radius 1 is 0.919 bits per heavy atom. The molecule has 0 atom stereocenters. The van der Waals surface area contributed by atoms with Crippen molar-refractivity contribution < 1.29 is 14.6 Å². The van der Waals surface area contributed by atoms with Crippen LogP contribution in [0.15, 0.2) is 65.8 Å². The van der Waals surface area contributed by atoms with Crippen LogP contribution in [-0.4, -0.2) is 17.2 Å². The molecule has 37 heavy (non-hydrogen) atoms. The smallest absolute Gasteiger partial charge is 0.240 e. The van der Waals surface area contributed by atoms with Crippen molar-refractivity contribution in [2.45, 2.75) is 71.8 Å². The Balaban J connectivity index is 1.54. The van der Waals surface area contributed by atoms with E-state index in [1.807, 2.05) is 60.7 Å². The van der Waals surface area contributed by atoms with Crippen LogP contribution in [-0.2, 0) is 28.7 Å². The number of aryl methyl sites for hydroxylation is 1. The molecule has 0 aromatic heterocycles. The third kappa shape index (κ3) is 8.36. The number of hydrogen-bond donors (Lipinski definition) is 2. The highest BCUT2D eigenvalue weighted by molar-refractivity contribution is 6.30. The fraction of sp³-hybridized carbons (Fsp3) is 0.355. The van der Waals surface area contributed by atoms with Gasteiger partial charge in [0.2, 0.25) is 5.91 Å². The number of phenols is 1. The Labute approximate surface area is 225 Å². The summed E-state index contributed by atoms with van der Waals surface area (Å²) >= 11 is 5.91. The minimum Gasteiger partial charge on any atom is -0.507 e. The number of hydrazone groups is 1. The summed E-state index contributed by atoms with van der Waals surface area (Å²) in [7, 11) is 0. The molecule has 2 N–H and O–H groups in total. The maximum absolute atomic E-state index is 12.4. The summed E-state index contributed by atoms with van der Waals surface area (Å²) in [6.07, 6.45) is 2.47. The number of amides is 1. The normalized spacial score (nSPS) is 12.1. The van der Waals surface area contributed by atoms with Gasteiger partial charge in [-0.05, 0) is 81.5 Å². The molecule has 0 radical (unpaired) electrons. The molecule has 0 aliphatic heterocycles. The fourth-order valence-electron chi connectivity index (χ4n) is 3.87. The first-order chi connectivity index (χ1) is 17.3. The molecule has 6 heteroatoms. The highest BCUT2D eigenvalue weighted by Crippen LogP contribution is 2.40. The van der Waals surface area contributed by atoms with Crippen LogP contribution in [0.25, 0.3) is 0 Å². The van der Waals surface area contributed by atoms with E-state index in [1.54, 1.807) is 6.21 Å². The van der Waals surface area contributed by atoms with Crippen molar-refractivity contribution in [3.63, 3.8) is 0 Å². The number of nitrogens with zero attached hydrogens (tertiary/aromatic N) is 1. The van der Waals surface area contributed by atoms with E-state index in [9.17, 15) is 9.90 Å². The minimum absolute atomic E-state index is 0.165. The Kier molecular flexibility index (Phi) is 9.03. The average molecular weight is 521 g/mol. The molecule has 1 amide bonds. The predicted molar refractivity (Wildman–Crippen MR) is 152 cm³/mol. The van der Waals surface area contributed by atoms with Crippen LogP contribution in [0.3, 0.4) is 0 Å². The van der Waals surface area contributed by atoms with Crippen LogP contribution in [0, 0.1) is 0 Å². The van der Waals surface area contributed by atoms with E-state index in [0.29, 0.717) is 30.2 Å². The van der Waals surface area contributed by atoms with Gasteiger partial charge in [0.05, 0.1) is 6.21 Å². The maximum atomic E-state index is 12.4. The number of nitrogens with one attached hydrogen (secondary N) is 1. The molecule has 196 valence electrons. The number of hydrogen-bond acceptors (Lipinski definition) is 4. The fourth-order valence-corrected chi connectivity index (χ4v) is 4.00. The molecule has 0 unspecified atom stereocenters. The van der Waals surface area contributed by atoms with E-state index >= 15 is 0 Å². The molecule has 3 aromatic carbocycles. The van der Waals surface area contributed by atoms with Crippen molar-refractivity contribution in [1.29, 1.82) is 0 Å². The van der Waals surface area contributed by atoms with Crippen molar-refractivity contribution in [3.8, 4) is 11.5 Å². The van der Waals surface area contributed by atoms with Crippen LogP contribution in [0.2, 0.25) is 5.02 Å². The van der Waals surface area contributed by atoms with E-state index in [0.717, 1.165) is 33.6 Å². The molecular formula is C31H37ClN2O3. The molecule has 0 fully saturated rings. The number of aromatic hydroxyl groups is 1. The lowest BCUT2D eigenvalue weighted by Gasteiger charge is -2.28. The molecule has 0 saturated heterocycles. The standard InChI is InChI=1S/C31H37ClN2O3/c1-30(2,3)26-17-23(18-27(29(26)36)31(4,5)6)11-16-28(35)34-33-19-21-9-14-25(15-10-21)37-20-22-7-12-24(32)13-8-22/h7-10,12-15,17-19,36H,11,16,20H2,1-6H3,(H,34,35)/b33-19-. The molecule has 3 aromatic rings. The predicted octanol–water partition coefficient (Wildman–Crippen LogP) is 7.30. The number of halogens is 1. The van der Waals surface area contributed by atoms with Crippen LogP contribution in [0.1, 0.15) is 75.8 Å². The highest BCUT2D eigenvalue weighted by atomic mass is 35.5. The average Bonchev–Trinajstić information content (AvgIpc) is 2.82. The molecular weight excluding hydrogens is 484 g/mol. The van der Waals surface area contributed by atoms with Gasteiger partial charge in [-0.3, -0.25) is 4.79 Å². The third-order valence-corrected chi connectivity index (χ3v) is 6.28. The summed E-state index contributed by atoms with van der Waals surface area (Å²) in [6.45, 7) is 12.9. The van der Waals surface area contributed by atoms with E-state index < -0.39 is 0 Å². The van der Waals surface area contributed by atoms with Crippen LogP contribution >= 0.6 is 11.6 Å². The molecule has 0 saturated carbocycles. The van der Waals surface area contributed by atoms with Crippen molar-refractivity contribution in [2.24, 2.45) is 5.10 Å². The second kappa shape index (κ2) is 11.8. The van der Waals surface area contributed by atoms with Gasteiger partial charge in [0, 0.05) is 11.4 Å². The summed E-state index contributed by atoms with van der Waals surface area (Å²) in [5.74, 6) is 0.926. The molecule has 0 bridgehead atoms. The number of benzene rings is 3. The van der Waals surface area contributed by atoms with Gasteiger partial charge in [-0.2, -0.15) is 5.10 Å². The van der Waals surface area contributed by atoms with Gasteiger partial charge >= 0.3 is 0 Å². The number of carbonyl (C=O) groups excluding carboxylic acids is 1. The molecule has 0 heterocycles. The minimum atomic E-state index is -0.205. The number of ether oxygens (including phenoxy) is 1. The molecule has 0 aliphatic carbocycles. The monoisotopic (exact) mass is 520 g/mol. The van der Waals surface area contributed by atoms with Crippen molar-refractivity contribution >= 4 is 23.7 Å². The second-order valence-electron chi connectivity index (χ2n) is 11.3. The topological polar surface area (TPSA) is 70.9 Å². The Morgan fingerprint density at radius 3 is 2.03 bits per heavy atom. The van der Waals surface area contributed by atoms with E-state index in [-0.39, 0.29) is 16.7 Å². The lowest BCUT2D eigenvalue weighted by atomic mass is 9.78. The van der Waals surface area contributed by atoms with Crippen LogP contribution in [0.4, 0.5) is 0 Å². The molecule has 3 rings (SSSR count). The van der Waals surface area contributed by atoms with Gasteiger partial charge in [-0.15, -0.1) is 0 Å². The Bertz CT molecular complexity index is 1200. The van der Waals surface area contributed by atoms with Crippen molar-refractivity contribution in [3.05, 3.63) is 93.5 Å². The second-order valence-corrected chi connectivity index (χ2v) is 11.8. The van der Waals surface area contributed by atoms with Gasteiger partial charge in [-0.1, -0.05) is 77.4 Å². The summed E-state index contributed by atoms with van der Waals surface area (Å²) in [6, 6.07) is 19.1. The zero-order chi connectivity index (χ0) is 27.2. The van der Waals surface area contributed by atoms with Crippen molar-refractivity contribution in [2.75, 3.05) is 0 Å². The first kappa shape index (κ1) is 28.3. The van der Waals surface area contributed by atoms with Crippen molar-refractivity contribution in [1.82, 2.24) is 5.43 Å². The molecule has 0 spiro atoms. The lowest BCUT2D eigenvalue weighted by molar-refractivity contribution is -0.121. The number of carbonyl (C=O) groups is 1.